The van der Waals surface area contributed by atoms with Crippen molar-refractivity contribution in [3.63, 3.8) is 0 Å². The number of hydrogen-bond donors (Lipinski definition) is 1. The lowest BCUT2D eigenvalue weighted by atomic mass is 10.1. The average Bonchev–Trinajstić information content (AvgIpc) is 2.39. The molecule has 0 fully saturated rings. The fourth-order valence-corrected chi connectivity index (χ4v) is 2.14. The van der Waals surface area contributed by atoms with Crippen LogP contribution in [-0.4, -0.2) is 9.97 Å². The van der Waals surface area contributed by atoms with E-state index >= 15 is 0 Å². The highest BCUT2D eigenvalue weighted by molar-refractivity contribution is 9.10. The van der Waals surface area contributed by atoms with E-state index in [2.05, 4.69) is 25.9 Å². The van der Waals surface area contributed by atoms with Crippen LogP contribution in [-0.2, 0) is 0 Å². The monoisotopic (exact) mass is 300 g/mol. The van der Waals surface area contributed by atoms with Gasteiger partial charge in [0.15, 0.2) is 0 Å². The second-order valence-electron chi connectivity index (χ2n) is 3.96. The minimum atomic E-state index is -0.112. The van der Waals surface area contributed by atoms with Gasteiger partial charge in [-0.1, -0.05) is 28.1 Å². The van der Waals surface area contributed by atoms with Crippen molar-refractivity contribution in [3.05, 3.63) is 63.5 Å². The third-order valence-corrected chi connectivity index (χ3v) is 3.30. The number of pyridine rings is 2. The molecule has 0 unspecified atom stereocenters. The maximum absolute atomic E-state index is 11.9. The van der Waals surface area contributed by atoms with Crippen LogP contribution in [0, 0.1) is 0 Å². The standard InChI is InChI=1S/C14H9BrN2O/c15-10-5-3-9(4-6-10)12-8-13-11(14(18)17-12)2-1-7-16-13/h1-8H,(H,17,18). The molecule has 0 bridgehead atoms. The molecule has 0 aliphatic heterocycles. The molecule has 3 nitrogen and oxygen atoms in total. The number of aromatic nitrogens is 2. The van der Waals surface area contributed by atoms with Crippen molar-refractivity contribution in [1.29, 1.82) is 0 Å². The summed E-state index contributed by atoms with van der Waals surface area (Å²) >= 11 is 3.39. The van der Waals surface area contributed by atoms with Crippen LogP contribution < -0.4 is 5.56 Å². The molecule has 88 valence electrons. The van der Waals surface area contributed by atoms with Gasteiger partial charge in [0.25, 0.3) is 5.56 Å². The Labute approximate surface area is 112 Å². The lowest BCUT2D eigenvalue weighted by Gasteiger charge is -2.03. The Morgan fingerprint density at radius 1 is 1.11 bits per heavy atom. The van der Waals surface area contributed by atoms with E-state index in [0.29, 0.717) is 10.9 Å². The zero-order valence-corrected chi connectivity index (χ0v) is 10.9. The first kappa shape index (κ1) is 11.2. The first-order chi connectivity index (χ1) is 8.74. The molecule has 3 rings (SSSR count). The molecule has 18 heavy (non-hydrogen) atoms. The molecular weight excluding hydrogens is 292 g/mol. The van der Waals surface area contributed by atoms with Gasteiger partial charge < -0.3 is 4.98 Å². The van der Waals surface area contributed by atoms with Crippen LogP contribution in [0.3, 0.4) is 0 Å². The van der Waals surface area contributed by atoms with Crippen molar-refractivity contribution in [2.24, 2.45) is 0 Å². The van der Waals surface area contributed by atoms with Gasteiger partial charge >= 0.3 is 0 Å². The molecular formula is C14H9BrN2O. The molecule has 3 aromatic rings. The van der Waals surface area contributed by atoms with E-state index in [1.54, 1.807) is 18.3 Å². The SMILES string of the molecule is O=c1[nH]c(-c2ccc(Br)cc2)cc2ncccc12. The van der Waals surface area contributed by atoms with Crippen LogP contribution >= 0.6 is 15.9 Å². The lowest BCUT2D eigenvalue weighted by molar-refractivity contribution is 1.26. The molecule has 0 aliphatic rings. The second kappa shape index (κ2) is 4.38. The van der Waals surface area contributed by atoms with Gasteiger partial charge in [0.05, 0.1) is 16.6 Å². The molecule has 0 amide bonds. The van der Waals surface area contributed by atoms with Gasteiger partial charge in [0.1, 0.15) is 0 Å². The molecule has 0 spiro atoms. The van der Waals surface area contributed by atoms with Crippen LogP contribution in [0.4, 0.5) is 0 Å². The molecule has 1 aromatic carbocycles. The van der Waals surface area contributed by atoms with Gasteiger partial charge in [-0.25, -0.2) is 0 Å². The highest BCUT2D eigenvalue weighted by atomic mass is 79.9. The highest BCUT2D eigenvalue weighted by Gasteiger charge is 2.04. The summed E-state index contributed by atoms with van der Waals surface area (Å²) in [6, 6.07) is 13.2. The van der Waals surface area contributed by atoms with Gasteiger partial charge in [-0.05, 0) is 35.9 Å². The van der Waals surface area contributed by atoms with E-state index in [4.69, 9.17) is 0 Å². The minimum absolute atomic E-state index is 0.112. The molecule has 4 heteroatoms. The topological polar surface area (TPSA) is 45.8 Å². The summed E-state index contributed by atoms with van der Waals surface area (Å²) < 4.78 is 1.01. The van der Waals surface area contributed by atoms with Crippen LogP contribution in [0.25, 0.3) is 22.2 Å². The Morgan fingerprint density at radius 3 is 2.67 bits per heavy atom. The smallest absolute Gasteiger partial charge is 0.257 e. The zero-order valence-electron chi connectivity index (χ0n) is 9.35. The van der Waals surface area contributed by atoms with E-state index in [9.17, 15) is 4.79 Å². The molecule has 2 heterocycles. The molecule has 2 aromatic heterocycles. The molecule has 1 N–H and O–H groups in total. The normalized spacial score (nSPS) is 10.7. The lowest BCUT2D eigenvalue weighted by Crippen LogP contribution is -2.07. The zero-order chi connectivity index (χ0) is 12.5. The summed E-state index contributed by atoms with van der Waals surface area (Å²) in [5, 5.41) is 0.610. The van der Waals surface area contributed by atoms with Crippen molar-refractivity contribution in [3.8, 4) is 11.3 Å². The van der Waals surface area contributed by atoms with Crippen molar-refractivity contribution in [2.45, 2.75) is 0 Å². The Bertz CT molecular complexity index is 763. The maximum atomic E-state index is 11.9. The largest absolute Gasteiger partial charge is 0.321 e. The Kier molecular flexibility index (Phi) is 2.72. The fraction of sp³-hybridized carbons (Fsp3) is 0. The summed E-state index contributed by atoms with van der Waals surface area (Å²) in [4.78, 5) is 19.0. The van der Waals surface area contributed by atoms with E-state index < -0.39 is 0 Å². The highest BCUT2D eigenvalue weighted by Crippen LogP contribution is 2.20. The first-order valence-electron chi connectivity index (χ1n) is 5.48. The summed E-state index contributed by atoms with van der Waals surface area (Å²) in [5.74, 6) is 0. The van der Waals surface area contributed by atoms with Gasteiger partial charge in [-0.2, -0.15) is 0 Å². The molecule has 0 aliphatic carbocycles. The number of rotatable bonds is 1. The summed E-state index contributed by atoms with van der Waals surface area (Å²) in [6.45, 7) is 0. The summed E-state index contributed by atoms with van der Waals surface area (Å²) in [5.41, 5.74) is 2.33. The van der Waals surface area contributed by atoms with Crippen molar-refractivity contribution in [1.82, 2.24) is 9.97 Å². The van der Waals surface area contributed by atoms with Crippen molar-refractivity contribution in [2.75, 3.05) is 0 Å². The quantitative estimate of drug-likeness (QED) is 0.749. The number of H-pyrrole nitrogens is 1. The number of nitrogens with zero attached hydrogens (tertiary/aromatic N) is 1. The minimum Gasteiger partial charge on any atom is -0.321 e. The molecule has 0 saturated heterocycles. The Hall–Kier alpha value is -1.94. The number of benzene rings is 1. The molecule has 0 saturated carbocycles. The van der Waals surface area contributed by atoms with Gasteiger partial charge in [-0.15, -0.1) is 0 Å². The molecule has 0 radical (unpaired) electrons. The predicted molar refractivity (Wildman–Crippen MR) is 75.5 cm³/mol. The fourth-order valence-electron chi connectivity index (χ4n) is 1.87. The van der Waals surface area contributed by atoms with Crippen molar-refractivity contribution >= 4 is 26.8 Å². The van der Waals surface area contributed by atoms with E-state index in [1.165, 1.54) is 0 Å². The van der Waals surface area contributed by atoms with Gasteiger partial charge in [-0.3, -0.25) is 9.78 Å². The first-order valence-corrected chi connectivity index (χ1v) is 6.27. The molecule has 0 atom stereocenters. The summed E-state index contributed by atoms with van der Waals surface area (Å²) in [6.07, 6.45) is 1.69. The Balaban J connectivity index is 2.24. The van der Waals surface area contributed by atoms with Crippen LogP contribution in [0.15, 0.2) is 57.9 Å². The van der Waals surface area contributed by atoms with Crippen molar-refractivity contribution < 1.29 is 0 Å². The predicted octanol–water partition coefficient (Wildman–Crippen LogP) is 3.35. The second-order valence-corrected chi connectivity index (χ2v) is 4.87. The number of halogens is 1. The third-order valence-electron chi connectivity index (χ3n) is 2.77. The van der Waals surface area contributed by atoms with Crippen LogP contribution in [0.1, 0.15) is 0 Å². The third kappa shape index (κ3) is 1.95. The van der Waals surface area contributed by atoms with Crippen LogP contribution in [0.5, 0.6) is 0 Å². The van der Waals surface area contributed by atoms with E-state index in [-0.39, 0.29) is 5.56 Å². The average molecular weight is 301 g/mol. The number of fused-ring (bicyclic) bond motifs is 1. The number of aromatic amines is 1. The van der Waals surface area contributed by atoms with Gasteiger partial charge in [0.2, 0.25) is 0 Å². The van der Waals surface area contributed by atoms with Crippen LogP contribution in [0.2, 0.25) is 0 Å². The summed E-state index contributed by atoms with van der Waals surface area (Å²) in [7, 11) is 0. The van der Waals surface area contributed by atoms with E-state index in [1.807, 2.05) is 30.3 Å². The van der Waals surface area contributed by atoms with E-state index in [0.717, 1.165) is 15.7 Å². The number of nitrogens with one attached hydrogen (secondary N) is 1. The Morgan fingerprint density at radius 2 is 1.89 bits per heavy atom. The maximum Gasteiger partial charge on any atom is 0.257 e. The van der Waals surface area contributed by atoms with Gasteiger partial charge in [0, 0.05) is 10.7 Å². The number of hydrogen-bond acceptors (Lipinski definition) is 2.